The topological polar surface area (TPSA) is 124 Å². The zero-order chi connectivity index (χ0) is 30.8. The zero-order valence-corrected chi connectivity index (χ0v) is 24.7. The molecule has 1 amide bonds. The average Bonchev–Trinajstić information content (AvgIpc) is 3.51. The van der Waals surface area contributed by atoms with E-state index in [0.717, 1.165) is 22.9 Å². The predicted octanol–water partition coefficient (Wildman–Crippen LogP) is 6.31. The van der Waals surface area contributed by atoms with Crippen LogP contribution in [0.3, 0.4) is 0 Å². The summed E-state index contributed by atoms with van der Waals surface area (Å²) in [5.41, 5.74) is -0.252. The summed E-state index contributed by atoms with van der Waals surface area (Å²) in [6.07, 6.45) is -3.46. The van der Waals surface area contributed by atoms with Gasteiger partial charge < -0.3 is 25.2 Å². The van der Waals surface area contributed by atoms with E-state index in [4.69, 9.17) is 16.3 Å². The number of anilines is 1. The molecule has 0 spiro atoms. The van der Waals surface area contributed by atoms with Crippen molar-refractivity contribution in [3.63, 3.8) is 0 Å². The van der Waals surface area contributed by atoms with Gasteiger partial charge in [-0.3, -0.25) is 5.10 Å². The van der Waals surface area contributed by atoms with Crippen molar-refractivity contribution in [2.75, 3.05) is 25.0 Å². The smallest absolute Gasteiger partial charge is 0.417 e. The summed E-state index contributed by atoms with van der Waals surface area (Å²) in [5, 5.41) is 31.6. The molecule has 42 heavy (non-hydrogen) atoms. The lowest BCUT2D eigenvalue weighted by Crippen LogP contribution is -2.41. The summed E-state index contributed by atoms with van der Waals surface area (Å²) < 4.78 is 47.0. The highest BCUT2D eigenvalue weighted by molar-refractivity contribution is 7.17. The van der Waals surface area contributed by atoms with E-state index < -0.39 is 35.4 Å². The number of aromatic hydroxyl groups is 1. The van der Waals surface area contributed by atoms with E-state index in [1.54, 1.807) is 57.1 Å². The second-order valence-electron chi connectivity index (χ2n) is 10.5. The molecule has 4 N–H and O–H groups in total. The van der Waals surface area contributed by atoms with Gasteiger partial charge in [0.2, 0.25) is 5.88 Å². The number of carbonyl (C=O) groups is 1. The van der Waals surface area contributed by atoms with Crippen LogP contribution < -0.4 is 10.2 Å². The van der Waals surface area contributed by atoms with E-state index in [9.17, 15) is 28.2 Å². The molecule has 0 aliphatic rings. The number of alkyl carbamates (subject to hydrolysis) is 1. The van der Waals surface area contributed by atoms with Crippen molar-refractivity contribution in [1.82, 2.24) is 20.5 Å². The number of likely N-dealkylation sites (N-methyl/N-ethyl adjacent to an activating group) is 1. The molecule has 0 saturated carbocycles. The first-order valence-corrected chi connectivity index (χ1v) is 13.9. The molecule has 224 valence electrons. The van der Waals surface area contributed by atoms with Crippen LogP contribution in [0, 0.1) is 0 Å². The fraction of sp³-hybridized carbons (Fsp3) is 0.321. The fourth-order valence-electron chi connectivity index (χ4n) is 4.06. The predicted molar refractivity (Wildman–Crippen MR) is 157 cm³/mol. The van der Waals surface area contributed by atoms with Crippen LogP contribution >= 0.6 is 22.9 Å². The Morgan fingerprint density at radius 2 is 1.98 bits per heavy atom. The van der Waals surface area contributed by atoms with Crippen LogP contribution in [0.5, 0.6) is 5.88 Å². The first kappa shape index (κ1) is 31.1. The third kappa shape index (κ3) is 7.72. The normalized spacial score (nSPS) is 13.3. The quantitative estimate of drug-likeness (QED) is 0.170. The molecule has 2 aromatic carbocycles. The maximum atomic E-state index is 13.9. The Morgan fingerprint density at radius 1 is 1.24 bits per heavy atom. The van der Waals surface area contributed by atoms with Gasteiger partial charge in [0.25, 0.3) is 0 Å². The zero-order valence-electron chi connectivity index (χ0n) is 23.1. The number of alkyl halides is 3. The molecule has 0 radical (unpaired) electrons. The van der Waals surface area contributed by atoms with Gasteiger partial charge in [-0.15, -0.1) is 0 Å². The molecule has 4 aromatic rings. The van der Waals surface area contributed by atoms with Crippen molar-refractivity contribution in [3.8, 4) is 5.88 Å². The van der Waals surface area contributed by atoms with Gasteiger partial charge in [-0.25, -0.2) is 4.79 Å². The highest BCUT2D eigenvalue weighted by Gasteiger charge is 2.33. The number of nitrogens with zero attached hydrogens (tertiary/aromatic N) is 3. The summed E-state index contributed by atoms with van der Waals surface area (Å²) in [6, 6.07) is 8.64. The number of benzene rings is 2. The Morgan fingerprint density at radius 3 is 2.67 bits per heavy atom. The Bertz CT molecular complexity index is 1610. The molecule has 4 rings (SSSR count). The number of aromatic nitrogens is 3. The van der Waals surface area contributed by atoms with Gasteiger partial charge in [0.1, 0.15) is 10.5 Å². The standard InChI is InChI=1S/C28H29ClF3N5O4S/c1-27(2,3)41-26(40)33-13-19(38)14-37(4)25-35-24(39)23(42-25)20(15-6-8-22-17(9-15)12-34-36-22)10-16-5-7-18(29)11-21(16)28(30,31)32/h5-12,19,38-39H,13-14H2,1-4H3,(H,33,40)(H,34,36). The van der Waals surface area contributed by atoms with Crippen LogP contribution in [0.1, 0.15) is 42.3 Å². The molecule has 0 aliphatic heterocycles. The van der Waals surface area contributed by atoms with Crippen molar-refractivity contribution < 1.29 is 32.9 Å². The van der Waals surface area contributed by atoms with Gasteiger partial charge in [-0.2, -0.15) is 23.3 Å². The molecule has 0 fully saturated rings. The Hall–Kier alpha value is -3.81. The minimum absolute atomic E-state index is 0.0254. The lowest BCUT2D eigenvalue weighted by molar-refractivity contribution is -0.137. The number of carbonyl (C=O) groups excluding carboxylic acids is 1. The van der Waals surface area contributed by atoms with Crippen LogP contribution in [0.4, 0.5) is 23.1 Å². The number of aliphatic hydroxyl groups is 1. The highest BCUT2D eigenvalue weighted by Crippen LogP contribution is 2.42. The summed E-state index contributed by atoms with van der Waals surface area (Å²) in [6.45, 7) is 5.08. The molecular weight excluding hydrogens is 595 g/mol. The molecule has 2 aromatic heterocycles. The summed E-state index contributed by atoms with van der Waals surface area (Å²) in [4.78, 5) is 17.9. The number of aliphatic hydroxyl groups excluding tert-OH is 1. The Balaban J connectivity index is 1.67. The van der Waals surface area contributed by atoms with Crippen LogP contribution in [-0.4, -0.2) is 63.3 Å². The van der Waals surface area contributed by atoms with E-state index in [0.29, 0.717) is 16.1 Å². The molecule has 9 nitrogen and oxygen atoms in total. The molecule has 0 aliphatic carbocycles. The summed E-state index contributed by atoms with van der Waals surface area (Å²) in [5.74, 6) is -0.399. The molecule has 0 saturated heterocycles. The van der Waals surface area contributed by atoms with E-state index in [1.807, 2.05) is 0 Å². The van der Waals surface area contributed by atoms with Gasteiger partial charge in [0.15, 0.2) is 5.13 Å². The maximum Gasteiger partial charge on any atom is 0.417 e. The summed E-state index contributed by atoms with van der Waals surface area (Å²) in [7, 11) is 1.63. The van der Waals surface area contributed by atoms with Crippen LogP contribution in [0.25, 0.3) is 22.6 Å². The minimum Gasteiger partial charge on any atom is -0.492 e. The van der Waals surface area contributed by atoms with Crippen LogP contribution in [0.15, 0.2) is 42.6 Å². The number of ether oxygens (including phenoxy) is 1. The number of amides is 1. The van der Waals surface area contributed by atoms with E-state index in [1.165, 1.54) is 18.2 Å². The Kier molecular flexibility index (Phi) is 9.04. The number of hydrogen-bond acceptors (Lipinski definition) is 8. The average molecular weight is 624 g/mol. The number of halogens is 4. The first-order chi connectivity index (χ1) is 19.6. The van der Waals surface area contributed by atoms with E-state index >= 15 is 0 Å². The summed E-state index contributed by atoms with van der Waals surface area (Å²) >= 11 is 6.91. The van der Waals surface area contributed by atoms with Crippen LogP contribution in [0.2, 0.25) is 5.02 Å². The monoisotopic (exact) mass is 623 g/mol. The number of hydrogen-bond donors (Lipinski definition) is 4. The highest BCUT2D eigenvalue weighted by atomic mass is 35.5. The molecular formula is C28H29ClF3N5O4S. The number of nitrogens with one attached hydrogen (secondary N) is 2. The van der Waals surface area contributed by atoms with Gasteiger partial charge in [0.05, 0.1) is 23.4 Å². The molecule has 2 heterocycles. The van der Waals surface area contributed by atoms with Gasteiger partial charge in [-0.1, -0.05) is 35.1 Å². The first-order valence-electron chi connectivity index (χ1n) is 12.7. The molecule has 0 bridgehead atoms. The number of rotatable bonds is 8. The van der Waals surface area contributed by atoms with Crippen molar-refractivity contribution in [2.45, 2.75) is 38.7 Å². The molecule has 1 atom stereocenters. The fourth-order valence-corrected chi connectivity index (χ4v) is 5.20. The lowest BCUT2D eigenvalue weighted by atomic mass is 9.98. The largest absolute Gasteiger partial charge is 0.492 e. The van der Waals surface area contributed by atoms with Crippen molar-refractivity contribution in [2.24, 2.45) is 0 Å². The third-order valence-electron chi connectivity index (χ3n) is 5.91. The van der Waals surface area contributed by atoms with E-state index in [2.05, 4.69) is 20.5 Å². The molecule has 1 unspecified atom stereocenters. The number of aromatic amines is 1. The van der Waals surface area contributed by atoms with Gasteiger partial charge >= 0.3 is 12.3 Å². The number of fused-ring (bicyclic) bond motifs is 1. The van der Waals surface area contributed by atoms with Gasteiger partial charge in [0, 0.05) is 36.1 Å². The number of H-pyrrole nitrogens is 1. The lowest BCUT2D eigenvalue weighted by Gasteiger charge is -2.22. The maximum absolute atomic E-state index is 13.9. The molecule has 14 heteroatoms. The van der Waals surface area contributed by atoms with Crippen molar-refractivity contribution in [1.29, 1.82) is 0 Å². The second-order valence-corrected chi connectivity index (χ2v) is 11.9. The van der Waals surface area contributed by atoms with Crippen molar-refractivity contribution >= 4 is 56.7 Å². The minimum atomic E-state index is -4.68. The van der Waals surface area contributed by atoms with E-state index in [-0.39, 0.29) is 34.1 Å². The van der Waals surface area contributed by atoms with Crippen molar-refractivity contribution in [3.05, 3.63) is 69.2 Å². The number of thiazole rings is 1. The Labute approximate surface area is 248 Å². The second kappa shape index (κ2) is 12.2. The SMILES string of the molecule is CN(CC(O)CNC(=O)OC(C)(C)C)c1nc(O)c(C(=Cc2ccc(Cl)cc2C(F)(F)F)c2ccc3[nH]ncc3c2)s1. The van der Waals surface area contributed by atoms with Gasteiger partial charge in [-0.05, 0) is 62.2 Å². The van der Waals surface area contributed by atoms with Crippen LogP contribution in [-0.2, 0) is 10.9 Å². The third-order valence-corrected chi connectivity index (χ3v) is 7.33.